The largest absolute Gasteiger partial charge is 0.488 e. The molecule has 8 nitrogen and oxygen atoms in total. The monoisotopic (exact) mass is 573 g/mol. The Balaban J connectivity index is 1.51. The van der Waals surface area contributed by atoms with Gasteiger partial charge in [-0.3, -0.25) is 14.8 Å². The number of rotatable bonds is 13. The highest BCUT2D eigenvalue weighted by Crippen LogP contribution is 2.48. The molecular weight excluding hydrogens is 538 g/mol. The zero-order chi connectivity index (χ0) is 29.0. The number of para-hydroxylation sites is 2. The molecule has 9 heteroatoms. The lowest BCUT2D eigenvalue weighted by Crippen LogP contribution is -2.26. The van der Waals surface area contributed by atoms with E-state index in [1.165, 1.54) is 0 Å². The summed E-state index contributed by atoms with van der Waals surface area (Å²) in [5.74, 6) is 2.64. The first-order chi connectivity index (χ1) is 20.0. The molecular formula is C32H35N3O5S. The molecule has 1 aliphatic heterocycles. The van der Waals surface area contributed by atoms with Gasteiger partial charge >= 0.3 is 0 Å². The maximum absolute atomic E-state index is 13.0. The Bertz CT molecular complexity index is 1380. The van der Waals surface area contributed by atoms with Crippen molar-refractivity contribution >= 4 is 35.2 Å². The van der Waals surface area contributed by atoms with Crippen LogP contribution in [0.15, 0.2) is 84.6 Å². The summed E-state index contributed by atoms with van der Waals surface area (Å²) < 4.78 is 6.39. The van der Waals surface area contributed by atoms with Crippen molar-refractivity contribution in [2.45, 2.75) is 50.5 Å². The average Bonchev–Trinajstić information content (AvgIpc) is 3.45. The van der Waals surface area contributed by atoms with Gasteiger partial charge in [0.2, 0.25) is 5.91 Å². The summed E-state index contributed by atoms with van der Waals surface area (Å²) in [5, 5.41) is 11.5. The first-order valence-electron chi connectivity index (χ1n) is 13.8. The van der Waals surface area contributed by atoms with Crippen molar-refractivity contribution in [3.8, 4) is 5.75 Å². The van der Waals surface area contributed by atoms with Gasteiger partial charge in [-0.2, -0.15) is 0 Å². The van der Waals surface area contributed by atoms with Gasteiger partial charge < -0.3 is 15.0 Å². The van der Waals surface area contributed by atoms with Gasteiger partial charge in [-0.15, -0.1) is 11.8 Å². The van der Waals surface area contributed by atoms with Crippen LogP contribution < -0.4 is 20.4 Å². The maximum atomic E-state index is 13.0. The topological polar surface area (TPSA) is 108 Å². The molecule has 214 valence electrons. The molecule has 1 aliphatic rings. The molecule has 3 aromatic carbocycles. The summed E-state index contributed by atoms with van der Waals surface area (Å²) in [6.45, 7) is 2.55. The van der Waals surface area contributed by atoms with Gasteiger partial charge in [0.15, 0.2) is 0 Å². The Hall–Kier alpha value is -4.04. The predicted octanol–water partition coefficient (Wildman–Crippen LogP) is 5.46. The van der Waals surface area contributed by atoms with E-state index < -0.39 is 5.91 Å². The van der Waals surface area contributed by atoms with Crippen LogP contribution in [0.5, 0.6) is 5.75 Å². The zero-order valence-corrected chi connectivity index (χ0v) is 23.9. The van der Waals surface area contributed by atoms with E-state index in [2.05, 4.69) is 11.3 Å². The third-order valence-electron chi connectivity index (χ3n) is 6.93. The van der Waals surface area contributed by atoms with Gasteiger partial charge in [0.05, 0.1) is 11.8 Å². The molecule has 0 bridgehead atoms. The number of hydrogen-bond donors (Lipinski definition) is 3. The lowest BCUT2D eigenvalue weighted by atomic mass is 10.1. The molecule has 2 amide bonds. The highest BCUT2D eigenvalue weighted by Gasteiger charge is 2.34. The third kappa shape index (κ3) is 8.01. The van der Waals surface area contributed by atoms with E-state index in [0.29, 0.717) is 42.1 Å². The Morgan fingerprint density at radius 2 is 1.88 bits per heavy atom. The van der Waals surface area contributed by atoms with Crippen molar-refractivity contribution in [2.75, 3.05) is 17.2 Å². The predicted molar refractivity (Wildman–Crippen MR) is 161 cm³/mol. The molecule has 3 aromatic rings. The number of carbonyl (C=O) groups is 2. The number of ether oxygens (including phenoxy) is 1. The van der Waals surface area contributed by atoms with Crippen LogP contribution in [0.25, 0.3) is 0 Å². The van der Waals surface area contributed by atoms with E-state index >= 15 is 0 Å². The number of nitrogens with zero attached hydrogens (tertiary/aromatic N) is 1. The van der Waals surface area contributed by atoms with Gasteiger partial charge in [0, 0.05) is 24.3 Å². The first-order valence-corrected chi connectivity index (χ1v) is 14.8. The van der Waals surface area contributed by atoms with E-state index in [4.69, 9.17) is 9.94 Å². The van der Waals surface area contributed by atoms with Crippen molar-refractivity contribution in [2.24, 2.45) is 0 Å². The summed E-state index contributed by atoms with van der Waals surface area (Å²) in [6, 6.07) is 25.1. The number of anilines is 1. The summed E-state index contributed by atoms with van der Waals surface area (Å²) in [7, 11) is 0. The summed E-state index contributed by atoms with van der Waals surface area (Å²) in [6.07, 6.45) is 2.73. The molecule has 4 rings (SSSR count). The summed E-state index contributed by atoms with van der Waals surface area (Å²) in [4.78, 5) is 38.3. The van der Waals surface area contributed by atoms with Crippen LogP contribution in [-0.2, 0) is 16.0 Å². The fraction of sp³-hybridized carbons (Fsp3) is 0.312. The van der Waals surface area contributed by atoms with E-state index in [0.717, 1.165) is 29.7 Å². The molecule has 0 saturated carbocycles. The van der Waals surface area contributed by atoms with E-state index in [1.807, 2.05) is 84.6 Å². The van der Waals surface area contributed by atoms with Crippen molar-refractivity contribution in [3.63, 3.8) is 0 Å². The molecule has 0 spiro atoms. The van der Waals surface area contributed by atoms with Crippen LogP contribution in [0.1, 0.15) is 59.5 Å². The third-order valence-corrected chi connectivity index (χ3v) is 8.16. The number of amides is 2. The number of carbonyl (C=O) groups excluding carboxylic acids is 3. The fourth-order valence-corrected chi connectivity index (χ4v) is 6.01. The molecule has 2 unspecified atom stereocenters. The Labute approximate surface area is 244 Å². The van der Waals surface area contributed by atoms with Crippen molar-refractivity contribution < 1.29 is 24.3 Å². The maximum Gasteiger partial charge on any atom is 0.251 e. The van der Waals surface area contributed by atoms with Crippen molar-refractivity contribution in [3.05, 3.63) is 101 Å². The molecule has 41 heavy (non-hydrogen) atoms. The molecule has 0 aliphatic carbocycles. The van der Waals surface area contributed by atoms with Gasteiger partial charge in [0.1, 0.15) is 22.8 Å². The smallest absolute Gasteiger partial charge is 0.251 e. The highest BCUT2D eigenvalue weighted by atomic mass is 32.2. The lowest BCUT2D eigenvalue weighted by molar-refractivity contribution is -0.129. The Morgan fingerprint density at radius 3 is 2.63 bits per heavy atom. The minimum atomic E-state index is -0.426. The molecule has 0 aromatic heterocycles. The van der Waals surface area contributed by atoms with E-state index in [1.54, 1.807) is 23.3 Å². The SMILES string of the molecule is CCC(CCCC(=O)NO)Oc1ccccc1N1C(=C=O)CSC1c1cccc(C(=O)NCCc2ccccc2)c1. The molecule has 3 N–H and O–H groups in total. The van der Waals surface area contributed by atoms with Crippen LogP contribution in [0.3, 0.4) is 0 Å². The van der Waals surface area contributed by atoms with E-state index in [9.17, 15) is 14.4 Å². The number of thioether (sulfide) groups is 1. The van der Waals surface area contributed by atoms with Gasteiger partial charge in [0.25, 0.3) is 5.91 Å². The van der Waals surface area contributed by atoms with Gasteiger partial charge in [-0.1, -0.05) is 61.5 Å². The van der Waals surface area contributed by atoms with E-state index in [-0.39, 0.29) is 23.8 Å². The van der Waals surface area contributed by atoms with Gasteiger partial charge in [-0.05, 0) is 61.1 Å². The van der Waals surface area contributed by atoms with Crippen molar-refractivity contribution in [1.82, 2.24) is 10.8 Å². The van der Waals surface area contributed by atoms with Crippen LogP contribution in [-0.4, -0.2) is 41.4 Å². The number of benzene rings is 3. The van der Waals surface area contributed by atoms with Crippen LogP contribution in [0.2, 0.25) is 0 Å². The first kappa shape index (κ1) is 29.9. The second kappa shape index (κ2) is 15.1. The fourth-order valence-electron chi connectivity index (χ4n) is 4.77. The second-order valence-corrected chi connectivity index (χ2v) is 10.8. The Morgan fingerprint density at radius 1 is 1.10 bits per heavy atom. The summed E-state index contributed by atoms with van der Waals surface area (Å²) in [5.41, 5.74) is 5.52. The number of nitrogens with one attached hydrogen (secondary N) is 2. The number of hydroxylamine groups is 1. The minimum absolute atomic E-state index is 0.145. The molecule has 1 heterocycles. The minimum Gasteiger partial charge on any atom is -0.488 e. The van der Waals surface area contributed by atoms with Crippen molar-refractivity contribution in [1.29, 1.82) is 0 Å². The second-order valence-electron chi connectivity index (χ2n) is 9.74. The average molecular weight is 574 g/mol. The molecule has 1 saturated heterocycles. The lowest BCUT2D eigenvalue weighted by Gasteiger charge is -2.29. The summed E-state index contributed by atoms with van der Waals surface area (Å²) >= 11 is 1.59. The molecule has 0 radical (unpaired) electrons. The standard InChI is InChI=1S/C32H35N3O5S/c1-2-27(14-9-17-30(37)34-39)40-29-16-7-6-15-28(29)35-26(21-36)22-41-32(35)25-13-8-12-24(20-25)31(38)33-19-18-23-10-4-3-5-11-23/h3-8,10-13,15-16,20,27,32,39H,2,9,14,17-19,22H2,1H3,(H,33,38)(H,34,37). The normalized spacial score (nSPS) is 15.2. The highest BCUT2D eigenvalue weighted by molar-refractivity contribution is 8.00. The molecule has 1 fully saturated rings. The van der Waals surface area contributed by atoms with Crippen LogP contribution in [0.4, 0.5) is 5.69 Å². The number of hydrogen-bond acceptors (Lipinski definition) is 7. The molecule has 2 atom stereocenters. The zero-order valence-electron chi connectivity index (χ0n) is 23.0. The quantitative estimate of drug-likeness (QED) is 0.142. The van der Waals surface area contributed by atoms with Gasteiger partial charge in [-0.25, -0.2) is 10.3 Å². The Kier molecular flexibility index (Phi) is 11.0. The van der Waals surface area contributed by atoms with Crippen LogP contribution >= 0.6 is 11.8 Å². The van der Waals surface area contributed by atoms with Crippen LogP contribution in [0, 0.1) is 0 Å².